The van der Waals surface area contributed by atoms with Gasteiger partial charge >= 0.3 is 0 Å². The molecule has 0 aliphatic heterocycles. The van der Waals surface area contributed by atoms with Gasteiger partial charge in [-0.25, -0.2) is 17.9 Å². The van der Waals surface area contributed by atoms with Crippen molar-refractivity contribution in [2.45, 2.75) is 4.90 Å². The molecule has 0 spiro atoms. The van der Waals surface area contributed by atoms with Crippen molar-refractivity contribution >= 4 is 37.5 Å². The van der Waals surface area contributed by atoms with Crippen molar-refractivity contribution in [1.82, 2.24) is 0 Å². The first kappa shape index (κ1) is 15.6. The summed E-state index contributed by atoms with van der Waals surface area (Å²) in [5.41, 5.74) is 0.190. The van der Waals surface area contributed by atoms with Gasteiger partial charge in [-0.05, 0) is 46.3 Å². The summed E-state index contributed by atoms with van der Waals surface area (Å²) in [5, 5.41) is 7.27. The van der Waals surface area contributed by atoms with E-state index in [0.29, 0.717) is 10.0 Å². The zero-order chi connectivity index (χ0) is 15.6. The molecule has 0 atom stereocenters. The Labute approximate surface area is 129 Å². The maximum Gasteiger partial charge on any atom is 0.256 e. The summed E-state index contributed by atoms with van der Waals surface area (Å²) in [4.78, 5) is 11.7. The van der Waals surface area contributed by atoms with E-state index in [9.17, 15) is 17.6 Å². The van der Waals surface area contributed by atoms with Crippen molar-refractivity contribution in [1.29, 1.82) is 0 Å². The van der Waals surface area contributed by atoms with Crippen LogP contribution in [0.15, 0.2) is 51.8 Å². The van der Waals surface area contributed by atoms with Crippen molar-refractivity contribution in [3.8, 4) is 0 Å². The van der Waals surface area contributed by atoms with E-state index >= 15 is 0 Å². The van der Waals surface area contributed by atoms with E-state index in [1.807, 2.05) is 0 Å². The van der Waals surface area contributed by atoms with Crippen LogP contribution in [0.25, 0.3) is 0 Å². The minimum absolute atomic E-state index is 0.136. The van der Waals surface area contributed by atoms with Crippen LogP contribution in [0.1, 0.15) is 10.4 Å². The van der Waals surface area contributed by atoms with Gasteiger partial charge in [0, 0.05) is 4.47 Å². The Morgan fingerprint density at radius 3 is 2.43 bits per heavy atom. The minimum atomic E-state index is -3.99. The Balaban J connectivity index is 2.29. The third kappa shape index (κ3) is 3.66. The Hall–Kier alpha value is -1.77. The van der Waals surface area contributed by atoms with Crippen LogP contribution in [-0.4, -0.2) is 14.3 Å². The first-order valence-electron chi connectivity index (χ1n) is 5.67. The monoisotopic (exact) mass is 372 g/mol. The summed E-state index contributed by atoms with van der Waals surface area (Å²) in [6, 6.07) is 9.66. The number of benzene rings is 2. The van der Waals surface area contributed by atoms with Crippen LogP contribution in [-0.2, 0) is 10.0 Å². The van der Waals surface area contributed by atoms with Crippen LogP contribution < -0.4 is 10.5 Å². The number of carbonyl (C=O) groups excluding carboxylic acids is 1. The standard InChI is InChI=1S/C13H10BrFN2O3S/c14-10-4-2-1-3-9(10)13(18)17-12-6-5-8(7-11(12)15)21(16,19)20/h1-7H,(H,17,18)(H2,16,19,20). The molecular formula is C13H10BrFN2O3S. The van der Waals surface area contributed by atoms with Gasteiger partial charge in [0.25, 0.3) is 5.91 Å². The highest BCUT2D eigenvalue weighted by atomic mass is 79.9. The van der Waals surface area contributed by atoms with Gasteiger partial charge in [-0.1, -0.05) is 12.1 Å². The lowest BCUT2D eigenvalue weighted by Crippen LogP contribution is -2.15. The number of sulfonamides is 1. The molecule has 0 saturated heterocycles. The summed E-state index contributed by atoms with van der Waals surface area (Å²) < 4.78 is 36.6. The van der Waals surface area contributed by atoms with Crippen LogP contribution in [0.5, 0.6) is 0 Å². The molecule has 1 amide bonds. The first-order valence-corrected chi connectivity index (χ1v) is 8.01. The molecule has 3 N–H and O–H groups in total. The van der Waals surface area contributed by atoms with E-state index in [2.05, 4.69) is 21.2 Å². The van der Waals surface area contributed by atoms with E-state index in [0.717, 1.165) is 18.2 Å². The molecule has 5 nitrogen and oxygen atoms in total. The molecule has 2 aromatic carbocycles. The van der Waals surface area contributed by atoms with Crippen molar-refractivity contribution < 1.29 is 17.6 Å². The van der Waals surface area contributed by atoms with E-state index in [1.165, 1.54) is 0 Å². The molecule has 0 fully saturated rings. The van der Waals surface area contributed by atoms with Crippen molar-refractivity contribution in [2.75, 3.05) is 5.32 Å². The Bertz CT molecular complexity index is 809. The van der Waals surface area contributed by atoms with Crippen molar-refractivity contribution in [3.63, 3.8) is 0 Å². The molecule has 0 bridgehead atoms. The topological polar surface area (TPSA) is 89.3 Å². The fourth-order valence-electron chi connectivity index (χ4n) is 1.61. The van der Waals surface area contributed by atoms with Crippen LogP contribution in [0.4, 0.5) is 10.1 Å². The van der Waals surface area contributed by atoms with Crippen LogP contribution in [0, 0.1) is 5.82 Å². The molecular weight excluding hydrogens is 363 g/mol. The third-order valence-electron chi connectivity index (χ3n) is 2.64. The smallest absolute Gasteiger partial charge is 0.256 e. The van der Waals surface area contributed by atoms with Gasteiger partial charge in [0.15, 0.2) is 0 Å². The molecule has 0 radical (unpaired) electrons. The SMILES string of the molecule is NS(=O)(=O)c1ccc(NC(=O)c2ccccc2Br)c(F)c1. The molecule has 0 saturated carbocycles. The van der Waals surface area contributed by atoms with Gasteiger partial charge < -0.3 is 5.32 Å². The molecule has 0 aliphatic rings. The predicted molar refractivity (Wildman–Crippen MR) is 79.9 cm³/mol. The number of halogens is 2. The second-order valence-electron chi connectivity index (χ2n) is 4.12. The van der Waals surface area contributed by atoms with E-state index in [1.54, 1.807) is 24.3 Å². The number of hydrogen-bond acceptors (Lipinski definition) is 3. The number of rotatable bonds is 3. The van der Waals surface area contributed by atoms with E-state index < -0.39 is 21.7 Å². The normalized spacial score (nSPS) is 11.2. The second-order valence-corrected chi connectivity index (χ2v) is 6.54. The molecule has 0 aromatic heterocycles. The lowest BCUT2D eigenvalue weighted by molar-refractivity contribution is 0.102. The maximum absolute atomic E-state index is 13.8. The summed E-state index contributed by atoms with van der Waals surface area (Å²) in [6.45, 7) is 0. The lowest BCUT2D eigenvalue weighted by atomic mass is 10.2. The summed E-state index contributed by atoms with van der Waals surface area (Å²) in [5.74, 6) is -1.41. The number of anilines is 1. The highest BCUT2D eigenvalue weighted by Crippen LogP contribution is 2.21. The van der Waals surface area contributed by atoms with Gasteiger partial charge in [-0.3, -0.25) is 4.79 Å². The van der Waals surface area contributed by atoms with Crippen LogP contribution >= 0.6 is 15.9 Å². The fourth-order valence-corrected chi connectivity index (χ4v) is 2.60. The number of amides is 1. The van der Waals surface area contributed by atoms with Gasteiger partial charge in [0.1, 0.15) is 5.82 Å². The van der Waals surface area contributed by atoms with Crippen LogP contribution in [0.2, 0.25) is 0 Å². The molecule has 21 heavy (non-hydrogen) atoms. The third-order valence-corrected chi connectivity index (χ3v) is 4.24. The molecule has 2 aromatic rings. The van der Waals surface area contributed by atoms with Crippen molar-refractivity contribution in [3.05, 3.63) is 58.3 Å². The zero-order valence-corrected chi connectivity index (χ0v) is 12.9. The first-order chi connectivity index (χ1) is 9.79. The Morgan fingerprint density at radius 2 is 1.86 bits per heavy atom. The number of hydrogen-bond donors (Lipinski definition) is 2. The van der Waals surface area contributed by atoms with Gasteiger partial charge in [-0.2, -0.15) is 0 Å². The average molecular weight is 373 g/mol. The quantitative estimate of drug-likeness (QED) is 0.866. The number of nitrogens with one attached hydrogen (secondary N) is 1. The summed E-state index contributed by atoms with van der Waals surface area (Å²) >= 11 is 3.22. The highest BCUT2D eigenvalue weighted by molar-refractivity contribution is 9.10. The largest absolute Gasteiger partial charge is 0.319 e. The van der Waals surface area contributed by atoms with Gasteiger partial charge in [0.05, 0.1) is 16.1 Å². The molecule has 8 heteroatoms. The Kier molecular flexibility index (Phi) is 4.40. The predicted octanol–water partition coefficient (Wildman–Crippen LogP) is 2.49. The highest BCUT2D eigenvalue weighted by Gasteiger charge is 2.15. The second kappa shape index (κ2) is 5.92. The minimum Gasteiger partial charge on any atom is -0.319 e. The van der Waals surface area contributed by atoms with Gasteiger partial charge in [0.2, 0.25) is 10.0 Å². The molecule has 110 valence electrons. The average Bonchev–Trinajstić information content (AvgIpc) is 2.40. The van der Waals surface area contributed by atoms with E-state index in [-0.39, 0.29) is 10.6 Å². The van der Waals surface area contributed by atoms with Crippen LogP contribution in [0.3, 0.4) is 0 Å². The summed E-state index contributed by atoms with van der Waals surface area (Å²) in [6.07, 6.45) is 0. The van der Waals surface area contributed by atoms with Gasteiger partial charge in [-0.15, -0.1) is 0 Å². The van der Waals surface area contributed by atoms with E-state index in [4.69, 9.17) is 5.14 Å². The lowest BCUT2D eigenvalue weighted by Gasteiger charge is -2.08. The molecule has 2 rings (SSSR count). The Morgan fingerprint density at radius 1 is 1.19 bits per heavy atom. The fraction of sp³-hybridized carbons (Fsp3) is 0. The molecule has 0 unspecified atom stereocenters. The number of nitrogens with two attached hydrogens (primary N) is 1. The number of carbonyl (C=O) groups is 1. The molecule has 0 heterocycles. The summed E-state index contributed by atoms with van der Waals surface area (Å²) in [7, 11) is -3.99. The molecule has 0 aliphatic carbocycles. The zero-order valence-electron chi connectivity index (χ0n) is 10.5. The number of primary sulfonamides is 1. The maximum atomic E-state index is 13.8. The van der Waals surface area contributed by atoms with Crippen molar-refractivity contribution in [2.24, 2.45) is 5.14 Å².